The Hall–Kier alpha value is -2.99. The highest BCUT2D eigenvalue weighted by atomic mass is 32.2. The number of benzene rings is 2. The van der Waals surface area contributed by atoms with Gasteiger partial charge in [-0.15, -0.1) is 11.8 Å². The summed E-state index contributed by atoms with van der Waals surface area (Å²) in [7, 11) is 0. The van der Waals surface area contributed by atoms with Crippen molar-refractivity contribution in [3.05, 3.63) is 71.9 Å². The van der Waals surface area contributed by atoms with E-state index in [0.717, 1.165) is 16.5 Å². The van der Waals surface area contributed by atoms with Crippen LogP contribution in [0.1, 0.15) is 16.1 Å². The topological polar surface area (TPSA) is 56.4 Å². The van der Waals surface area contributed by atoms with Crippen LogP contribution in [-0.2, 0) is 4.79 Å². The highest BCUT2D eigenvalue weighted by molar-refractivity contribution is 7.98. The molecular weight excluding hydrogens is 382 g/mol. The molecule has 2 amide bonds. The summed E-state index contributed by atoms with van der Waals surface area (Å²) in [6.45, 7) is 2.16. The lowest BCUT2D eigenvalue weighted by Gasteiger charge is -2.34. The molecule has 1 N–H and O–H groups in total. The summed E-state index contributed by atoms with van der Waals surface area (Å²) >= 11 is 1.69. The number of rotatable bonds is 4. The fraction of sp³-hybridized carbons (Fsp3) is 0.217. The van der Waals surface area contributed by atoms with E-state index in [-0.39, 0.29) is 11.8 Å². The van der Waals surface area contributed by atoms with Crippen LogP contribution in [0.15, 0.2) is 65.6 Å². The third-order valence-corrected chi connectivity index (χ3v) is 5.92. The lowest BCUT2D eigenvalue weighted by molar-refractivity contribution is -0.127. The minimum Gasteiger partial charge on any atom is -0.351 e. The molecule has 1 saturated heterocycles. The van der Waals surface area contributed by atoms with Crippen molar-refractivity contribution in [3.8, 4) is 0 Å². The minimum atomic E-state index is -0.0170. The van der Waals surface area contributed by atoms with E-state index in [9.17, 15) is 9.59 Å². The van der Waals surface area contributed by atoms with Crippen molar-refractivity contribution >= 4 is 40.6 Å². The van der Waals surface area contributed by atoms with Gasteiger partial charge in [0.15, 0.2) is 0 Å². The number of amides is 2. The highest BCUT2D eigenvalue weighted by Crippen LogP contribution is 2.18. The van der Waals surface area contributed by atoms with Crippen molar-refractivity contribution in [2.75, 3.05) is 32.4 Å². The first-order valence-electron chi connectivity index (χ1n) is 9.62. The predicted molar refractivity (Wildman–Crippen MR) is 118 cm³/mol. The second-order valence-corrected chi connectivity index (χ2v) is 7.87. The van der Waals surface area contributed by atoms with Gasteiger partial charge in [-0.3, -0.25) is 9.59 Å². The van der Waals surface area contributed by atoms with Gasteiger partial charge in [-0.05, 0) is 42.2 Å². The second-order valence-electron chi connectivity index (χ2n) is 6.99. The van der Waals surface area contributed by atoms with Crippen LogP contribution in [0.2, 0.25) is 0 Å². The van der Waals surface area contributed by atoms with Gasteiger partial charge in [-0.25, -0.2) is 0 Å². The average Bonchev–Trinajstić information content (AvgIpc) is 3.22. The summed E-state index contributed by atoms with van der Waals surface area (Å²) in [4.78, 5) is 33.3. The molecular formula is C23H23N3O2S. The van der Waals surface area contributed by atoms with Gasteiger partial charge >= 0.3 is 0 Å². The van der Waals surface area contributed by atoms with Crippen LogP contribution in [0, 0.1) is 0 Å². The maximum Gasteiger partial charge on any atom is 0.270 e. The molecule has 1 aliphatic rings. The maximum atomic E-state index is 12.8. The van der Waals surface area contributed by atoms with Gasteiger partial charge < -0.3 is 14.8 Å². The summed E-state index contributed by atoms with van der Waals surface area (Å²) in [5, 5.41) is 1.03. The first-order chi connectivity index (χ1) is 14.1. The van der Waals surface area contributed by atoms with E-state index < -0.39 is 0 Å². The lowest BCUT2D eigenvalue weighted by Crippen LogP contribution is -2.50. The van der Waals surface area contributed by atoms with E-state index >= 15 is 0 Å². The molecule has 4 rings (SSSR count). The Bertz CT molecular complexity index is 1010. The van der Waals surface area contributed by atoms with Gasteiger partial charge in [0, 0.05) is 48.1 Å². The predicted octanol–water partition coefficient (Wildman–Crippen LogP) is 3.89. The number of thioether (sulfide) groups is 1. The summed E-state index contributed by atoms with van der Waals surface area (Å²) in [6, 6.07) is 17.8. The molecule has 0 aliphatic carbocycles. The Labute approximate surface area is 174 Å². The maximum absolute atomic E-state index is 12.8. The van der Waals surface area contributed by atoms with E-state index in [2.05, 4.69) is 4.98 Å². The number of nitrogens with zero attached hydrogens (tertiary/aromatic N) is 2. The molecule has 0 spiro atoms. The highest BCUT2D eigenvalue weighted by Gasteiger charge is 2.24. The van der Waals surface area contributed by atoms with Crippen LogP contribution >= 0.6 is 11.8 Å². The summed E-state index contributed by atoms with van der Waals surface area (Å²) in [5.41, 5.74) is 2.56. The molecule has 0 radical (unpaired) electrons. The number of piperazine rings is 1. The Balaban J connectivity index is 1.33. The van der Waals surface area contributed by atoms with Gasteiger partial charge in [-0.1, -0.05) is 30.3 Å². The number of fused-ring (bicyclic) bond motifs is 1. The molecule has 0 bridgehead atoms. The Morgan fingerprint density at radius 3 is 2.34 bits per heavy atom. The largest absolute Gasteiger partial charge is 0.351 e. The standard InChI is InChI=1S/C23H23N3O2S/c1-29-19-9-6-17(7-10-19)8-11-22(27)25-12-14-26(15-13-25)23(28)21-16-18-4-2-3-5-20(18)24-21/h2-11,16,24H,12-15H2,1H3/b11-8+. The van der Waals surface area contributed by atoms with Crippen LogP contribution in [0.4, 0.5) is 0 Å². The molecule has 1 aliphatic heterocycles. The van der Waals surface area contributed by atoms with Gasteiger partial charge in [0.05, 0.1) is 0 Å². The van der Waals surface area contributed by atoms with E-state index in [1.807, 2.05) is 66.9 Å². The number of carbonyl (C=O) groups is 2. The molecule has 148 valence electrons. The molecule has 0 saturated carbocycles. The zero-order valence-corrected chi connectivity index (χ0v) is 17.1. The Morgan fingerprint density at radius 1 is 0.966 bits per heavy atom. The van der Waals surface area contributed by atoms with Gasteiger partial charge in [0.2, 0.25) is 5.91 Å². The first kappa shape index (κ1) is 19.3. The normalized spacial score (nSPS) is 14.7. The number of para-hydroxylation sites is 1. The van der Waals surface area contributed by atoms with Crippen molar-refractivity contribution in [2.24, 2.45) is 0 Å². The van der Waals surface area contributed by atoms with Crippen LogP contribution in [0.3, 0.4) is 0 Å². The average molecular weight is 406 g/mol. The van der Waals surface area contributed by atoms with Crippen molar-refractivity contribution in [1.29, 1.82) is 0 Å². The van der Waals surface area contributed by atoms with Crippen LogP contribution in [0.25, 0.3) is 17.0 Å². The second kappa shape index (κ2) is 8.57. The van der Waals surface area contributed by atoms with E-state index in [0.29, 0.717) is 31.9 Å². The zero-order chi connectivity index (χ0) is 20.2. The van der Waals surface area contributed by atoms with Gasteiger partial charge in [0.25, 0.3) is 5.91 Å². The van der Waals surface area contributed by atoms with E-state index in [4.69, 9.17) is 0 Å². The first-order valence-corrected chi connectivity index (χ1v) is 10.8. The van der Waals surface area contributed by atoms with Gasteiger partial charge in [0.1, 0.15) is 5.69 Å². The Morgan fingerprint density at radius 2 is 1.66 bits per heavy atom. The smallest absolute Gasteiger partial charge is 0.270 e. The van der Waals surface area contributed by atoms with Crippen molar-refractivity contribution in [3.63, 3.8) is 0 Å². The zero-order valence-electron chi connectivity index (χ0n) is 16.3. The van der Waals surface area contributed by atoms with E-state index in [1.54, 1.807) is 27.6 Å². The number of carbonyl (C=O) groups excluding carboxylic acids is 2. The van der Waals surface area contributed by atoms with Crippen LogP contribution in [-0.4, -0.2) is 59.0 Å². The molecule has 3 aromatic rings. The molecule has 0 atom stereocenters. The molecule has 5 nitrogen and oxygen atoms in total. The number of aromatic amines is 1. The molecule has 1 fully saturated rings. The quantitative estimate of drug-likeness (QED) is 0.529. The monoisotopic (exact) mass is 405 g/mol. The third kappa shape index (κ3) is 4.38. The van der Waals surface area contributed by atoms with Crippen molar-refractivity contribution < 1.29 is 9.59 Å². The van der Waals surface area contributed by atoms with Crippen molar-refractivity contribution in [2.45, 2.75) is 4.90 Å². The third-order valence-electron chi connectivity index (χ3n) is 5.17. The number of nitrogens with one attached hydrogen (secondary N) is 1. The van der Waals surface area contributed by atoms with Gasteiger partial charge in [-0.2, -0.15) is 0 Å². The summed E-state index contributed by atoms with van der Waals surface area (Å²) < 4.78 is 0. The van der Waals surface area contributed by atoms with Crippen LogP contribution in [0.5, 0.6) is 0 Å². The molecule has 6 heteroatoms. The molecule has 2 aromatic carbocycles. The fourth-order valence-electron chi connectivity index (χ4n) is 3.48. The fourth-order valence-corrected chi connectivity index (χ4v) is 3.89. The van der Waals surface area contributed by atoms with E-state index in [1.165, 1.54) is 4.90 Å². The summed E-state index contributed by atoms with van der Waals surface area (Å²) in [5.74, 6) is -0.0330. The number of hydrogen-bond acceptors (Lipinski definition) is 3. The molecule has 0 unspecified atom stereocenters. The minimum absolute atomic E-state index is 0.0160. The molecule has 1 aromatic heterocycles. The SMILES string of the molecule is CSc1ccc(/C=C/C(=O)N2CCN(C(=O)c3cc4ccccc4[nH]3)CC2)cc1. The summed E-state index contributed by atoms with van der Waals surface area (Å²) in [6.07, 6.45) is 5.49. The Kier molecular flexibility index (Phi) is 5.71. The lowest BCUT2D eigenvalue weighted by atomic mass is 10.2. The number of hydrogen-bond donors (Lipinski definition) is 1. The molecule has 2 heterocycles. The van der Waals surface area contributed by atoms with Crippen molar-refractivity contribution in [1.82, 2.24) is 14.8 Å². The number of aromatic nitrogens is 1. The van der Waals surface area contributed by atoms with Crippen LogP contribution < -0.4 is 0 Å². The number of H-pyrrole nitrogens is 1. The molecule has 29 heavy (non-hydrogen) atoms.